The van der Waals surface area contributed by atoms with Crippen molar-refractivity contribution < 1.29 is 35.9 Å². The molecule has 3 rings (SSSR count). The summed E-state index contributed by atoms with van der Waals surface area (Å²) < 4.78 is 76.9. The van der Waals surface area contributed by atoms with Crippen LogP contribution in [0.2, 0.25) is 5.02 Å². The number of carbonyl (C=O) groups is 1. The molecule has 32 heavy (non-hydrogen) atoms. The number of alkyl halides is 3. The molecule has 2 aromatic carbocycles. The van der Waals surface area contributed by atoms with E-state index in [-0.39, 0.29) is 6.54 Å². The van der Waals surface area contributed by atoms with E-state index in [1.807, 2.05) is 6.07 Å². The molecule has 0 bridgehead atoms. The Hall–Kier alpha value is -2.50. The van der Waals surface area contributed by atoms with Gasteiger partial charge in [0.1, 0.15) is 13.2 Å². The van der Waals surface area contributed by atoms with Crippen LogP contribution in [-0.4, -0.2) is 40.1 Å². The highest BCUT2D eigenvalue weighted by molar-refractivity contribution is 7.89. The summed E-state index contributed by atoms with van der Waals surface area (Å²) in [6, 6.07) is 6.38. The van der Waals surface area contributed by atoms with Gasteiger partial charge in [-0.3, -0.25) is 4.79 Å². The minimum absolute atomic E-state index is 0.212. The second-order valence-electron chi connectivity index (χ2n) is 7.00. The predicted octanol–water partition coefficient (Wildman–Crippen LogP) is 3.16. The van der Waals surface area contributed by atoms with Crippen molar-refractivity contribution in [3.63, 3.8) is 0 Å². The predicted molar refractivity (Wildman–Crippen MR) is 110 cm³/mol. The van der Waals surface area contributed by atoms with Gasteiger partial charge < -0.3 is 14.8 Å². The number of carbonyl (C=O) groups excluding carboxylic acids is 1. The summed E-state index contributed by atoms with van der Waals surface area (Å²) >= 11 is 5.52. The second-order valence-corrected chi connectivity index (χ2v) is 9.12. The van der Waals surface area contributed by atoms with E-state index in [0.717, 1.165) is 17.7 Å². The number of benzene rings is 2. The van der Waals surface area contributed by atoms with Crippen LogP contribution in [0.1, 0.15) is 18.1 Å². The summed E-state index contributed by atoms with van der Waals surface area (Å²) in [5.41, 5.74) is -0.401. The minimum Gasteiger partial charge on any atom is -0.486 e. The van der Waals surface area contributed by atoms with Gasteiger partial charge in [-0.25, -0.2) is 8.42 Å². The molecule has 2 aromatic rings. The Balaban J connectivity index is 1.58. The van der Waals surface area contributed by atoms with Crippen LogP contribution in [0.15, 0.2) is 41.3 Å². The van der Waals surface area contributed by atoms with Gasteiger partial charge in [-0.15, -0.1) is 0 Å². The normalized spacial score (nSPS) is 14.7. The van der Waals surface area contributed by atoms with E-state index in [2.05, 4.69) is 10.0 Å². The first-order valence-electron chi connectivity index (χ1n) is 9.53. The van der Waals surface area contributed by atoms with Crippen molar-refractivity contribution in [3.8, 4) is 11.5 Å². The lowest BCUT2D eigenvalue weighted by Gasteiger charge is -2.19. The van der Waals surface area contributed by atoms with E-state index in [1.54, 1.807) is 12.1 Å². The van der Waals surface area contributed by atoms with Gasteiger partial charge in [0.25, 0.3) is 0 Å². The molecule has 7 nitrogen and oxygen atoms in total. The topological polar surface area (TPSA) is 93.7 Å². The standard InChI is InChI=1S/C20H20ClF3N2O5S/c1-12(26-32(28,29)14-3-4-16(21)15(11-14)20(22,23)24)19(27)25-7-6-13-2-5-17-18(10-13)31-9-8-30-17/h2-5,10-12,26H,6-9H2,1H3,(H,25,27)/t12-/m1/s1. The number of ether oxygens (including phenoxy) is 2. The molecule has 0 aliphatic carbocycles. The van der Waals surface area contributed by atoms with Crippen LogP contribution in [-0.2, 0) is 27.4 Å². The third-order valence-electron chi connectivity index (χ3n) is 4.60. The zero-order valence-electron chi connectivity index (χ0n) is 16.8. The highest BCUT2D eigenvalue weighted by Crippen LogP contribution is 2.36. The molecule has 1 heterocycles. The number of fused-ring (bicyclic) bond motifs is 1. The molecule has 0 spiro atoms. The van der Waals surface area contributed by atoms with E-state index < -0.39 is 43.6 Å². The van der Waals surface area contributed by atoms with Gasteiger partial charge in [0.2, 0.25) is 15.9 Å². The Labute approximate surface area is 187 Å². The number of hydrogen-bond acceptors (Lipinski definition) is 5. The summed E-state index contributed by atoms with van der Waals surface area (Å²) in [5, 5.41) is 1.97. The molecule has 1 atom stereocenters. The Morgan fingerprint density at radius 1 is 1.12 bits per heavy atom. The molecule has 174 valence electrons. The smallest absolute Gasteiger partial charge is 0.417 e. The zero-order chi connectivity index (χ0) is 23.5. The molecule has 0 radical (unpaired) electrons. The maximum Gasteiger partial charge on any atom is 0.417 e. The zero-order valence-corrected chi connectivity index (χ0v) is 18.4. The summed E-state index contributed by atoms with van der Waals surface area (Å²) in [6.45, 7) is 2.42. The fourth-order valence-corrected chi connectivity index (χ4v) is 4.42. The van der Waals surface area contributed by atoms with Gasteiger partial charge in [-0.1, -0.05) is 17.7 Å². The van der Waals surface area contributed by atoms with Crippen molar-refractivity contribution in [2.75, 3.05) is 19.8 Å². The SMILES string of the molecule is C[C@@H](NS(=O)(=O)c1ccc(Cl)c(C(F)(F)F)c1)C(=O)NCCc1ccc2c(c1)OCCO2. The number of nitrogens with one attached hydrogen (secondary N) is 2. The summed E-state index contributed by atoms with van der Waals surface area (Å²) in [4.78, 5) is 11.6. The van der Waals surface area contributed by atoms with Crippen LogP contribution >= 0.6 is 11.6 Å². The van der Waals surface area contributed by atoms with Crippen molar-refractivity contribution in [2.45, 2.75) is 30.5 Å². The van der Waals surface area contributed by atoms with Gasteiger partial charge in [-0.05, 0) is 49.2 Å². The molecular weight excluding hydrogens is 473 g/mol. The number of halogens is 4. The van der Waals surface area contributed by atoms with E-state index in [9.17, 15) is 26.4 Å². The quantitative estimate of drug-likeness (QED) is 0.619. The first-order valence-corrected chi connectivity index (χ1v) is 11.4. The Morgan fingerprint density at radius 3 is 2.50 bits per heavy atom. The highest BCUT2D eigenvalue weighted by atomic mass is 35.5. The second kappa shape index (κ2) is 9.55. The molecule has 0 aromatic heterocycles. The third kappa shape index (κ3) is 5.84. The van der Waals surface area contributed by atoms with Crippen LogP contribution in [0.25, 0.3) is 0 Å². The van der Waals surface area contributed by atoms with E-state index >= 15 is 0 Å². The van der Waals surface area contributed by atoms with Gasteiger partial charge in [0, 0.05) is 6.54 Å². The maximum atomic E-state index is 13.0. The molecule has 1 amide bonds. The molecule has 0 fully saturated rings. The van der Waals surface area contributed by atoms with Crippen molar-refractivity contribution in [1.82, 2.24) is 10.0 Å². The third-order valence-corrected chi connectivity index (χ3v) is 6.47. The van der Waals surface area contributed by atoms with E-state index in [0.29, 0.717) is 37.2 Å². The van der Waals surface area contributed by atoms with Crippen molar-refractivity contribution in [3.05, 3.63) is 52.5 Å². The van der Waals surface area contributed by atoms with Crippen molar-refractivity contribution in [1.29, 1.82) is 0 Å². The van der Waals surface area contributed by atoms with Crippen LogP contribution < -0.4 is 19.5 Å². The molecular formula is C20H20ClF3N2O5S. The van der Waals surface area contributed by atoms with Gasteiger partial charge >= 0.3 is 6.18 Å². The Bertz CT molecular complexity index is 1110. The molecule has 0 saturated carbocycles. The molecule has 12 heteroatoms. The number of amides is 1. The lowest BCUT2D eigenvalue weighted by molar-refractivity contribution is -0.137. The number of rotatable bonds is 7. The fourth-order valence-electron chi connectivity index (χ4n) is 2.97. The average Bonchev–Trinajstić information content (AvgIpc) is 2.72. The highest BCUT2D eigenvalue weighted by Gasteiger charge is 2.35. The Morgan fingerprint density at radius 2 is 1.81 bits per heavy atom. The maximum absolute atomic E-state index is 13.0. The summed E-state index contributed by atoms with van der Waals surface area (Å²) in [6.07, 6.45) is -4.37. The molecule has 0 saturated heterocycles. The minimum atomic E-state index is -4.82. The van der Waals surface area contributed by atoms with Crippen LogP contribution in [0, 0.1) is 0 Å². The first-order chi connectivity index (χ1) is 15.0. The first kappa shape index (κ1) is 24.1. The number of sulfonamides is 1. The van der Waals surface area contributed by atoms with E-state index in [1.165, 1.54) is 6.92 Å². The van der Waals surface area contributed by atoms with Gasteiger partial charge in [-0.2, -0.15) is 17.9 Å². The van der Waals surface area contributed by atoms with Crippen molar-refractivity contribution >= 4 is 27.5 Å². The monoisotopic (exact) mass is 492 g/mol. The van der Waals surface area contributed by atoms with Gasteiger partial charge in [0.05, 0.1) is 21.5 Å². The van der Waals surface area contributed by atoms with Crippen LogP contribution in [0.4, 0.5) is 13.2 Å². The van der Waals surface area contributed by atoms with Crippen LogP contribution in [0.3, 0.4) is 0 Å². The van der Waals surface area contributed by atoms with Crippen molar-refractivity contribution in [2.24, 2.45) is 0 Å². The Kier molecular flexibility index (Phi) is 7.21. The van der Waals surface area contributed by atoms with Crippen LogP contribution in [0.5, 0.6) is 11.5 Å². The molecule has 1 aliphatic heterocycles. The molecule has 1 aliphatic rings. The molecule has 2 N–H and O–H groups in total. The largest absolute Gasteiger partial charge is 0.486 e. The fraction of sp³-hybridized carbons (Fsp3) is 0.350. The average molecular weight is 493 g/mol. The van der Waals surface area contributed by atoms with Gasteiger partial charge in [0.15, 0.2) is 11.5 Å². The van der Waals surface area contributed by atoms with E-state index in [4.69, 9.17) is 21.1 Å². The lowest BCUT2D eigenvalue weighted by atomic mass is 10.1. The summed E-state index contributed by atoms with van der Waals surface area (Å²) in [5.74, 6) is 0.626. The summed E-state index contributed by atoms with van der Waals surface area (Å²) in [7, 11) is -4.39. The number of hydrogen-bond donors (Lipinski definition) is 2. The molecule has 0 unspecified atom stereocenters. The lowest BCUT2D eigenvalue weighted by Crippen LogP contribution is -2.45.